The van der Waals surface area contributed by atoms with E-state index in [0.29, 0.717) is 0 Å². The molecular weight excluding hydrogens is 382 g/mol. The quantitative estimate of drug-likeness (QED) is 0.396. The summed E-state index contributed by atoms with van der Waals surface area (Å²) >= 11 is 0. The minimum atomic E-state index is 0.753. The van der Waals surface area contributed by atoms with Crippen LogP contribution in [0, 0.1) is 23.7 Å². The average molecular weight is 403 g/mol. The van der Waals surface area contributed by atoms with Crippen molar-refractivity contribution in [3.05, 3.63) is 84.0 Å². The van der Waals surface area contributed by atoms with Crippen LogP contribution in [0.5, 0.6) is 0 Å². The third-order valence-electron chi connectivity index (χ3n) is 5.46. The Balaban J connectivity index is 1.63. The smallest absolute Gasteiger partial charge is 0.185 e. The van der Waals surface area contributed by atoms with E-state index in [2.05, 4.69) is 81.5 Å². The molecule has 0 amide bonds. The minimum absolute atomic E-state index is 0.753. The van der Waals surface area contributed by atoms with Crippen LogP contribution in [-0.2, 0) is 20.6 Å². The van der Waals surface area contributed by atoms with Crippen molar-refractivity contribution < 1.29 is 0 Å². The number of benzene rings is 2. The van der Waals surface area contributed by atoms with Crippen molar-refractivity contribution in [2.24, 2.45) is 14.1 Å². The Bertz CT molecular complexity index is 1440. The van der Waals surface area contributed by atoms with Gasteiger partial charge in [0, 0.05) is 78.4 Å². The van der Waals surface area contributed by atoms with E-state index < -0.39 is 0 Å². The zero-order chi connectivity index (χ0) is 21.4. The summed E-state index contributed by atoms with van der Waals surface area (Å²) in [5, 5.41) is 2.37. The van der Waals surface area contributed by atoms with Gasteiger partial charge < -0.3 is 13.7 Å². The van der Waals surface area contributed by atoms with Crippen molar-refractivity contribution in [3.63, 3.8) is 0 Å². The third-order valence-corrected chi connectivity index (χ3v) is 5.46. The zero-order valence-corrected chi connectivity index (χ0v) is 17.7. The molecule has 0 aliphatic rings. The Morgan fingerprint density at radius 2 is 1.19 bits per heavy atom. The van der Waals surface area contributed by atoms with Gasteiger partial charge in [0.25, 0.3) is 0 Å². The first-order chi connectivity index (χ1) is 15.1. The molecule has 150 valence electrons. The average Bonchev–Trinajstić information content (AvgIpc) is 3.47. The maximum Gasteiger partial charge on any atom is 0.185 e. The van der Waals surface area contributed by atoms with Gasteiger partial charge in [-0.1, -0.05) is 11.8 Å². The predicted octanol–water partition coefficient (Wildman–Crippen LogP) is 4.08. The molecule has 2 aromatic carbocycles. The molecular formula is C26H21N5. The number of rotatable bonds is 1. The molecule has 5 nitrogen and oxygen atoms in total. The first kappa shape index (κ1) is 18.8. The minimum Gasteiger partial charge on any atom is -0.341 e. The number of aromatic nitrogens is 5. The molecule has 0 fully saturated rings. The summed E-state index contributed by atoms with van der Waals surface area (Å²) in [7, 11) is 3.89. The molecule has 0 N–H and O–H groups in total. The van der Waals surface area contributed by atoms with E-state index in [-0.39, 0.29) is 0 Å². The standard InChI is InChI=1S/C26H21N5/c1-4-31-23-9-5-19(7-11-25-27-13-15-29(25)2)17-21(23)22-18-20(6-10-24(22)31)8-12-26-28-14-16-30(26)3/h5-6,9-10,13-18H,4H2,1-3H3. The summed E-state index contributed by atoms with van der Waals surface area (Å²) in [5.41, 5.74) is 4.34. The summed E-state index contributed by atoms with van der Waals surface area (Å²) in [6.07, 6.45) is 7.32. The van der Waals surface area contributed by atoms with Crippen LogP contribution in [0.15, 0.2) is 61.2 Å². The van der Waals surface area contributed by atoms with Crippen LogP contribution in [0.1, 0.15) is 29.7 Å². The van der Waals surface area contributed by atoms with E-state index in [1.165, 1.54) is 21.8 Å². The van der Waals surface area contributed by atoms with Crippen LogP contribution in [-0.4, -0.2) is 23.7 Å². The highest BCUT2D eigenvalue weighted by atomic mass is 15.0. The van der Waals surface area contributed by atoms with Crippen LogP contribution in [0.3, 0.4) is 0 Å². The largest absolute Gasteiger partial charge is 0.341 e. The lowest BCUT2D eigenvalue weighted by Gasteiger charge is -2.02. The van der Waals surface area contributed by atoms with Crippen LogP contribution < -0.4 is 0 Å². The van der Waals surface area contributed by atoms with Crippen LogP contribution in [0.2, 0.25) is 0 Å². The summed E-state index contributed by atoms with van der Waals surface area (Å²) < 4.78 is 6.17. The number of aryl methyl sites for hydroxylation is 3. The summed E-state index contributed by atoms with van der Waals surface area (Å²) in [5.74, 6) is 14.3. The van der Waals surface area contributed by atoms with Gasteiger partial charge in [0.05, 0.1) is 0 Å². The lowest BCUT2D eigenvalue weighted by molar-refractivity contribution is 0.827. The lowest BCUT2D eigenvalue weighted by atomic mass is 10.1. The van der Waals surface area contributed by atoms with Gasteiger partial charge in [-0.05, 0) is 55.2 Å². The molecule has 5 rings (SSSR count). The van der Waals surface area contributed by atoms with Crippen molar-refractivity contribution in [2.75, 3.05) is 0 Å². The lowest BCUT2D eigenvalue weighted by Crippen LogP contribution is -1.93. The molecule has 0 bridgehead atoms. The van der Waals surface area contributed by atoms with Gasteiger partial charge in [0.15, 0.2) is 11.6 Å². The van der Waals surface area contributed by atoms with E-state index >= 15 is 0 Å². The van der Waals surface area contributed by atoms with Gasteiger partial charge in [-0.25, -0.2) is 9.97 Å². The van der Waals surface area contributed by atoms with Gasteiger partial charge in [0.1, 0.15) is 0 Å². The normalized spacial score (nSPS) is 10.7. The maximum atomic E-state index is 4.28. The molecule has 0 atom stereocenters. The topological polar surface area (TPSA) is 40.6 Å². The van der Waals surface area contributed by atoms with E-state index in [9.17, 15) is 0 Å². The van der Waals surface area contributed by atoms with Gasteiger partial charge in [-0.2, -0.15) is 0 Å². The SMILES string of the molecule is CCn1c2ccc(C#Cc3nccn3C)cc2c2cc(C#Cc3nccn3C)ccc21. The molecule has 0 radical (unpaired) electrons. The van der Waals surface area contributed by atoms with Crippen molar-refractivity contribution in [1.82, 2.24) is 23.7 Å². The molecule has 0 aliphatic carbocycles. The van der Waals surface area contributed by atoms with E-state index in [1.807, 2.05) is 35.6 Å². The molecule has 0 unspecified atom stereocenters. The number of hydrogen-bond donors (Lipinski definition) is 0. The van der Waals surface area contributed by atoms with Crippen LogP contribution in [0.25, 0.3) is 21.8 Å². The van der Waals surface area contributed by atoms with Crippen molar-refractivity contribution in [3.8, 4) is 23.7 Å². The molecule has 31 heavy (non-hydrogen) atoms. The number of fused-ring (bicyclic) bond motifs is 3. The van der Waals surface area contributed by atoms with Gasteiger partial charge in [-0.3, -0.25) is 0 Å². The second-order valence-electron chi connectivity index (χ2n) is 7.43. The Hall–Kier alpha value is -4.22. The number of hydrogen-bond acceptors (Lipinski definition) is 2. The molecule has 5 aromatic rings. The first-order valence-corrected chi connectivity index (χ1v) is 10.2. The Labute approximate surface area is 181 Å². The van der Waals surface area contributed by atoms with Crippen molar-refractivity contribution >= 4 is 21.8 Å². The van der Waals surface area contributed by atoms with Gasteiger partial charge in [0.2, 0.25) is 0 Å². The summed E-state index contributed by atoms with van der Waals surface area (Å²) in [6, 6.07) is 12.8. The van der Waals surface area contributed by atoms with Crippen molar-refractivity contribution in [2.45, 2.75) is 13.5 Å². The zero-order valence-electron chi connectivity index (χ0n) is 17.7. The summed E-state index contributed by atoms with van der Waals surface area (Å²) in [4.78, 5) is 8.57. The highest BCUT2D eigenvalue weighted by Crippen LogP contribution is 2.30. The fourth-order valence-corrected chi connectivity index (χ4v) is 3.83. The Morgan fingerprint density at radius 3 is 1.58 bits per heavy atom. The van der Waals surface area contributed by atoms with Crippen LogP contribution >= 0.6 is 0 Å². The molecule has 0 saturated heterocycles. The molecule has 3 heterocycles. The Morgan fingerprint density at radius 1 is 0.710 bits per heavy atom. The molecule has 0 aliphatic heterocycles. The van der Waals surface area contributed by atoms with Gasteiger partial charge >= 0.3 is 0 Å². The molecule has 0 saturated carbocycles. The van der Waals surface area contributed by atoms with E-state index in [4.69, 9.17) is 0 Å². The van der Waals surface area contributed by atoms with E-state index in [1.54, 1.807) is 12.4 Å². The highest BCUT2D eigenvalue weighted by molar-refractivity contribution is 6.09. The number of imidazole rings is 2. The maximum absolute atomic E-state index is 4.28. The monoisotopic (exact) mass is 403 g/mol. The van der Waals surface area contributed by atoms with Gasteiger partial charge in [-0.15, -0.1) is 0 Å². The second kappa shape index (κ2) is 7.55. The highest BCUT2D eigenvalue weighted by Gasteiger charge is 2.10. The third kappa shape index (κ3) is 3.37. The van der Waals surface area contributed by atoms with Crippen molar-refractivity contribution in [1.29, 1.82) is 0 Å². The molecule has 0 spiro atoms. The van der Waals surface area contributed by atoms with E-state index in [0.717, 1.165) is 29.3 Å². The summed E-state index contributed by atoms with van der Waals surface area (Å²) in [6.45, 7) is 3.07. The fourth-order valence-electron chi connectivity index (χ4n) is 3.83. The second-order valence-corrected chi connectivity index (χ2v) is 7.43. The first-order valence-electron chi connectivity index (χ1n) is 10.2. The molecule has 5 heteroatoms. The van der Waals surface area contributed by atoms with Crippen LogP contribution in [0.4, 0.5) is 0 Å². The number of nitrogens with zero attached hydrogens (tertiary/aromatic N) is 5. The fraction of sp³-hybridized carbons (Fsp3) is 0.154. The Kier molecular flexibility index (Phi) is 4.58. The molecule has 3 aromatic heterocycles. The predicted molar refractivity (Wildman–Crippen MR) is 123 cm³/mol.